The van der Waals surface area contributed by atoms with Gasteiger partial charge in [0.05, 0.1) is 16.8 Å². The van der Waals surface area contributed by atoms with Crippen molar-refractivity contribution in [3.63, 3.8) is 0 Å². The average molecular weight is 460 g/mol. The van der Waals surface area contributed by atoms with Crippen LogP contribution in [0.2, 0.25) is 5.02 Å². The number of hydrogen-bond acceptors (Lipinski definition) is 7. The standard InChI is InChI=1S/C23H26ClN3O3S/c1-3-29-22(28)15-30-20-7-4-17(12-16(20)2)14-26-8-10-27(11-9-26)23-25-19-6-5-18(24)13-21(19)31-23/h4-7,12-13H,3,8-11,14-15H2,1-2H3. The second kappa shape index (κ2) is 9.85. The first kappa shape index (κ1) is 21.9. The van der Waals surface area contributed by atoms with Gasteiger partial charge in [0.2, 0.25) is 0 Å². The third-order valence-corrected chi connectivity index (χ3v) is 6.59. The first-order chi connectivity index (χ1) is 15.0. The first-order valence-corrected chi connectivity index (χ1v) is 11.6. The van der Waals surface area contributed by atoms with Crippen LogP contribution in [0.5, 0.6) is 5.75 Å². The molecule has 1 aliphatic heterocycles. The number of aryl methyl sites for hydroxylation is 1. The number of halogens is 1. The normalized spacial score (nSPS) is 14.7. The van der Waals surface area contributed by atoms with Crippen molar-refractivity contribution in [1.82, 2.24) is 9.88 Å². The first-order valence-electron chi connectivity index (χ1n) is 10.4. The highest BCUT2D eigenvalue weighted by molar-refractivity contribution is 7.22. The third-order valence-electron chi connectivity index (χ3n) is 5.28. The summed E-state index contributed by atoms with van der Waals surface area (Å²) in [6.07, 6.45) is 0. The van der Waals surface area contributed by atoms with Crippen LogP contribution in [-0.4, -0.2) is 55.2 Å². The largest absolute Gasteiger partial charge is 0.482 e. The van der Waals surface area contributed by atoms with Gasteiger partial charge >= 0.3 is 5.97 Å². The van der Waals surface area contributed by atoms with Gasteiger partial charge in [-0.05, 0) is 49.2 Å². The molecule has 0 N–H and O–H groups in total. The van der Waals surface area contributed by atoms with Gasteiger partial charge in [0.1, 0.15) is 5.75 Å². The van der Waals surface area contributed by atoms with Crippen LogP contribution in [0.25, 0.3) is 10.2 Å². The molecule has 1 aromatic heterocycles. The fourth-order valence-electron chi connectivity index (χ4n) is 3.69. The molecule has 0 amide bonds. The molecule has 0 radical (unpaired) electrons. The van der Waals surface area contributed by atoms with Crippen LogP contribution in [0.1, 0.15) is 18.1 Å². The van der Waals surface area contributed by atoms with E-state index in [0.717, 1.165) is 64.4 Å². The van der Waals surface area contributed by atoms with Crippen molar-refractivity contribution in [3.8, 4) is 5.75 Å². The summed E-state index contributed by atoms with van der Waals surface area (Å²) >= 11 is 7.81. The molecule has 164 valence electrons. The lowest BCUT2D eigenvalue weighted by Crippen LogP contribution is -2.45. The molecule has 1 saturated heterocycles. The number of carbonyl (C=O) groups is 1. The zero-order chi connectivity index (χ0) is 21.8. The van der Waals surface area contributed by atoms with E-state index in [1.807, 2.05) is 31.2 Å². The Morgan fingerprint density at radius 3 is 2.71 bits per heavy atom. The Labute approximate surface area is 191 Å². The van der Waals surface area contributed by atoms with Gasteiger partial charge in [0, 0.05) is 37.7 Å². The van der Waals surface area contributed by atoms with E-state index < -0.39 is 0 Å². The van der Waals surface area contributed by atoms with Crippen molar-refractivity contribution in [2.24, 2.45) is 0 Å². The summed E-state index contributed by atoms with van der Waals surface area (Å²) in [7, 11) is 0. The molecule has 1 aliphatic rings. The molecule has 0 saturated carbocycles. The minimum absolute atomic E-state index is 0.0615. The molecule has 0 aliphatic carbocycles. The highest BCUT2D eigenvalue weighted by Gasteiger charge is 2.20. The predicted octanol–water partition coefficient (Wildman–Crippen LogP) is 4.52. The van der Waals surface area contributed by atoms with E-state index >= 15 is 0 Å². The Bertz CT molecular complexity index is 1060. The SMILES string of the molecule is CCOC(=O)COc1ccc(CN2CCN(c3nc4ccc(Cl)cc4s3)CC2)cc1C. The van der Waals surface area contributed by atoms with Crippen LogP contribution in [0.3, 0.4) is 0 Å². The molecule has 31 heavy (non-hydrogen) atoms. The van der Waals surface area contributed by atoms with Crippen LogP contribution in [-0.2, 0) is 16.1 Å². The summed E-state index contributed by atoms with van der Waals surface area (Å²) in [5, 5.41) is 1.82. The summed E-state index contributed by atoms with van der Waals surface area (Å²) in [5.74, 6) is 0.373. The monoisotopic (exact) mass is 459 g/mol. The number of rotatable bonds is 7. The maximum Gasteiger partial charge on any atom is 0.344 e. The van der Waals surface area contributed by atoms with E-state index in [4.69, 9.17) is 26.1 Å². The van der Waals surface area contributed by atoms with Crippen molar-refractivity contribution in [3.05, 3.63) is 52.5 Å². The van der Waals surface area contributed by atoms with Crippen LogP contribution < -0.4 is 9.64 Å². The minimum atomic E-state index is -0.347. The fraction of sp³-hybridized carbons (Fsp3) is 0.391. The topological polar surface area (TPSA) is 54.9 Å². The molecule has 1 fully saturated rings. The van der Waals surface area contributed by atoms with Gasteiger partial charge in [-0.1, -0.05) is 35.1 Å². The molecular formula is C23H26ClN3O3S. The number of aromatic nitrogens is 1. The Kier molecular flexibility index (Phi) is 6.95. The zero-order valence-corrected chi connectivity index (χ0v) is 19.3. The minimum Gasteiger partial charge on any atom is -0.482 e. The lowest BCUT2D eigenvalue weighted by Gasteiger charge is -2.34. The number of anilines is 1. The van der Waals surface area contributed by atoms with E-state index in [1.165, 1.54) is 5.56 Å². The number of benzene rings is 2. The number of thiazole rings is 1. The lowest BCUT2D eigenvalue weighted by molar-refractivity contribution is -0.145. The van der Waals surface area contributed by atoms with Crippen molar-refractivity contribution in [1.29, 1.82) is 0 Å². The smallest absolute Gasteiger partial charge is 0.344 e. The number of nitrogens with zero attached hydrogens (tertiary/aromatic N) is 3. The quantitative estimate of drug-likeness (QED) is 0.484. The Balaban J connectivity index is 1.31. The Morgan fingerprint density at radius 1 is 1.16 bits per heavy atom. The highest BCUT2D eigenvalue weighted by atomic mass is 35.5. The Morgan fingerprint density at radius 2 is 1.97 bits per heavy atom. The van der Waals surface area contributed by atoms with E-state index in [0.29, 0.717) is 6.61 Å². The maximum absolute atomic E-state index is 11.5. The van der Waals surface area contributed by atoms with E-state index in [9.17, 15) is 4.79 Å². The molecule has 2 aromatic carbocycles. The van der Waals surface area contributed by atoms with E-state index in [2.05, 4.69) is 21.9 Å². The van der Waals surface area contributed by atoms with Crippen molar-refractivity contribution < 1.29 is 14.3 Å². The van der Waals surface area contributed by atoms with Gasteiger partial charge < -0.3 is 14.4 Å². The number of carbonyl (C=O) groups excluding carboxylic acids is 1. The van der Waals surface area contributed by atoms with Gasteiger partial charge in [-0.2, -0.15) is 0 Å². The molecule has 4 rings (SSSR count). The number of hydrogen-bond donors (Lipinski definition) is 0. The highest BCUT2D eigenvalue weighted by Crippen LogP contribution is 2.31. The lowest BCUT2D eigenvalue weighted by atomic mass is 10.1. The summed E-state index contributed by atoms with van der Waals surface area (Å²) in [6, 6.07) is 12.0. The van der Waals surface area contributed by atoms with E-state index in [-0.39, 0.29) is 12.6 Å². The second-order valence-corrected chi connectivity index (χ2v) is 9.01. The molecule has 8 heteroatoms. The summed E-state index contributed by atoms with van der Waals surface area (Å²) in [5.41, 5.74) is 3.27. The second-order valence-electron chi connectivity index (χ2n) is 7.57. The van der Waals surface area contributed by atoms with Gasteiger partial charge in [-0.15, -0.1) is 0 Å². The van der Waals surface area contributed by atoms with Gasteiger partial charge in [-0.3, -0.25) is 4.90 Å². The molecule has 0 spiro atoms. The number of fused-ring (bicyclic) bond motifs is 1. The number of esters is 1. The van der Waals surface area contributed by atoms with Crippen molar-refractivity contribution in [2.45, 2.75) is 20.4 Å². The van der Waals surface area contributed by atoms with Crippen LogP contribution in [0.15, 0.2) is 36.4 Å². The zero-order valence-electron chi connectivity index (χ0n) is 17.8. The Hall–Kier alpha value is -2.35. The van der Waals surface area contributed by atoms with Crippen LogP contribution >= 0.6 is 22.9 Å². The molecule has 0 bridgehead atoms. The molecule has 3 aromatic rings. The molecule has 2 heterocycles. The van der Waals surface area contributed by atoms with Gasteiger partial charge in [-0.25, -0.2) is 9.78 Å². The van der Waals surface area contributed by atoms with Crippen LogP contribution in [0, 0.1) is 6.92 Å². The number of piperazine rings is 1. The average Bonchev–Trinajstić information content (AvgIpc) is 3.17. The van der Waals surface area contributed by atoms with Gasteiger partial charge in [0.25, 0.3) is 0 Å². The summed E-state index contributed by atoms with van der Waals surface area (Å²) in [6.45, 7) is 8.85. The fourth-order valence-corrected chi connectivity index (χ4v) is 4.98. The predicted molar refractivity (Wildman–Crippen MR) is 125 cm³/mol. The van der Waals surface area contributed by atoms with Gasteiger partial charge in [0.15, 0.2) is 11.7 Å². The third kappa shape index (κ3) is 5.47. The maximum atomic E-state index is 11.5. The summed E-state index contributed by atoms with van der Waals surface area (Å²) in [4.78, 5) is 21.1. The van der Waals surface area contributed by atoms with Crippen molar-refractivity contribution >= 4 is 44.3 Å². The van der Waals surface area contributed by atoms with Crippen LogP contribution in [0.4, 0.5) is 5.13 Å². The molecular weight excluding hydrogens is 434 g/mol. The number of ether oxygens (including phenoxy) is 2. The molecule has 0 atom stereocenters. The van der Waals surface area contributed by atoms with Crippen molar-refractivity contribution in [2.75, 3.05) is 44.3 Å². The molecule has 0 unspecified atom stereocenters. The van der Waals surface area contributed by atoms with E-state index in [1.54, 1.807) is 18.3 Å². The molecule has 6 nitrogen and oxygen atoms in total. The summed E-state index contributed by atoms with van der Waals surface area (Å²) < 4.78 is 11.6.